The molecule has 11 nitrogen and oxygen atoms in total. The van der Waals surface area contributed by atoms with Crippen molar-refractivity contribution in [1.82, 2.24) is 5.32 Å². The van der Waals surface area contributed by atoms with E-state index in [0.29, 0.717) is 11.4 Å². The van der Waals surface area contributed by atoms with Gasteiger partial charge in [-0.2, -0.15) is 4.99 Å². The van der Waals surface area contributed by atoms with Crippen molar-refractivity contribution >= 4 is 63.5 Å². The normalized spacial score (nSPS) is 14.6. The van der Waals surface area contributed by atoms with Crippen molar-refractivity contribution in [2.75, 3.05) is 16.4 Å². The first-order valence-electron chi connectivity index (χ1n) is 8.77. The zero-order valence-electron chi connectivity index (χ0n) is 16.1. The first kappa shape index (κ1) is 21.6. The van der Waals surface area contributed by atoms with Crippen LogP contribution in [0, 0.1) is 5.41 Å². The molecule has 3 rings (SSSR count). The highest BCUT2D eigenvalue weighted by Crippen LogP contribution is 2.15. The fourth-order valence-electron chi connectivity index (χ4n) is 2.35. The van der Waals surface area contributed by atoms with Crippen LogP contribution < -0.4 is 16.0 Å². The SMILES string of the molecule is CC(=O)Nc1ccc(NC(=O)CSC2=NC(=N)C(=NC(=O)c3ccco3)C(=O)N2)cc1. The Morgan fingerprint density at radius 3 is 2.42 bits per heavy atom. The maximum absolute atomic E-state index is 12.2. The molecule has 1 aliphatic rings. The van der Waals surface area contributed by atoms with E-state index < -0.39 is 23.4 Å². The standard InChI is InChI=1S/C19H16N6O5S/c1-10(26)21-11-4-6-12(7-5-11)22-14(27)9-31-19-24-16(20)15(18(29)25-19)23-17(28)13-3-2-8-30-13/h2-8H,9H2,1H3,(H,21,26)(H,22,27)(H2,20,24,25,29). The van der Waals surface area contributed by atoms with Gasteiger partial charge >= 0.3 is 5.91 Å². The fourth-order valence-corrected chi connectivity index (χ4v) is 3.01. The van der Waals surface area contributed by atoms with Crippen molar-refractivity contribution in [1.29, 1.82) is 5.41 Å². The molecule has 0 saturated carbocycles. The summed E-state index contributed by atoms with van der Waals surface area (Å²) < 4.78 is 4.90. The summed E-state index contributed by atoms with van der Waals surface area (Å²) in [7, 11) is 0. The Balaban J connectivity index is 1.55. The summed E-state index contributed by atoms with van der Waals surface area (Å²) in [5.74, 6) is -2.82. The lowest BCUT2D eigenvalue weighted by molar-refractivity contribution is -0.114. The van der Waals surface area contributed by atoms with Crippen LogP contribution in [0.3, 0.4) is 0 Å². The van der Waals surface area contributed by atoms with Crippen LogP contribution in [0.2, 0.25) is 0 Å². The Morgan fingerprint density at radius 2 is 1.84 bits per heavy atom. The molecule has 0 bridgehead atoms. The molecule has 2 aromatic rings. The van der Waals surface area contributed by atoms with E-state index in [2.05, 4.69) is 25.9 Å². The number of nitrogens with one attached hydrogen (secondary N) is 4. The van der Waals surface area contributed by atoms with E-state index in [4.69, 9.17) is 9.83 Å². The molecule has 0 atom stereocenters. The van der Waals surface area contributed by atoms with Gasteiger partial charge in [0.15, 0.2) is 22.5 Å². The molecule has 31 heavy (non-hydrogen) atoms. The molecular formula is C19H16N6O5S. The number of amidine groups is 2. The third kappa shape index (κ3) is 5.96. The number of rotatable bonds is 5. The van der Waals surface area contributed by atoms with E-state index >= 15 is 0 Å². The second-order valence-corrected chi connectivity index (χ2v) is 7.02. The minimum atomic E-state index is -0.810. The first-order valence-corrected chi connectivity index (χ1v) is 9.76. The van der Waals surface area contributed by atoms with Crippen molar-refractivity contribution in [3.05, 3.63) is 48.4 Å². The zero-order chi connectivity index (χ0) is 22.4. The Morgan fingerprint density at radius 1 is 1.16 bits per heavy atom. The van der Waals surface area contributed by atoms with Crippen LogP contribution in [0.5, 0.6) is 0 Å². The van der Waals surface area contributed by atoms with Gasteiger partial charge in [0.05, 0.1) is 12.0 Å². The lowest BCUT2D eigenvalue weighted by Crippen LogP contribution is -2.43. The molecule has 12 heteroatoms. The molecule has 0 unspecified atom stereocenters. The average molecular weight is 440 g/mol. The van der Waals surface area contributed by atoms with Gasteiger partial charge in [0.2, 0.25) is 11.8 Å². The number of nitrogens with zero attached hydrogens (tertiary/aromatic N) is 2. The highest BCUT2D eigenvalue weighted by Gasteiger charge is 2.26. The predicted molar refractivity (Wildman–Crippen MR) is 116 cm³/mol. The molecule has 1 aromatic heterocycles. The first-order chi connectivity index (χ1) is 14.8. The topological polar surface area (TPSA) is 166 Å². The summed E-state index contributed by atoms with van der Waals surface area (Å²) in [5.41, 5.74) is 0.669. The van der Waals surface area contributed by atoms with Gasteiger partial charge in [-0.15, -0.1) is 0 Å². The fraction of sp³-hybridized carbons (Fsp3) is 0.105. The zero-order valence-corrected chi connectivity index (χ0v) is 16.9. The number of hydrogen-bond acceptors (Lipinski definition) is 7. The Bertz CT molecular complexity index is 1110. The summed E-state index contributed by atoms with van der Waals surface area (Å²) in [6.45, 7) is 1.39. The van der Waals surface area contributed by atoms with Gasteiger partial charge in [0.1, 0.15) is 0 Å². The van der Waals surface area contributed by atoms with Crippen LogP contribution in [0.1, 0.15) is 17.5 Å². The second kappa shape index (κ2) is 9.63. The molecule has 1 aliphatic heterocycles. The maximum Gasteiger partial charge on any atom is 0.313 e. The minimum absolute atomic E-state index is 0.0375. The van der Waals surface area contributed by atoms with Gasteiger partial charge in [0, 0.05) is 18.3 Å². The number of amides is 4. The molecule has 4 N–H and O–H groups in total. The molecule has 2 heterocycles. The smallest absolute Gasteiger partial charge is 0.313 e. The van der Waals surface area contributed by atoms with Crippen molar-refractivity contribution in [3.8, 4) is 0 Å². The quantitative estimate of drug-likeness (QED) is 0.552. The molecule has 0 radical (unpaired) electrons. The molecule has 158 valence electrons. The lowest BCUT2D eigenvalue weighted by atomic mass is 10.3. The van der Waals surface area contributed by atoms with Crippen molar-refractivity contribution in [3.63, 3.8) is 0 Å². The van der Waals surface area contributed by atoms with Crippen molar-refractivity contribution in [2.24, 2.45) is 9.98 Å². The third-order valence-electron chi connectivity index (χ3n) is 3.65. The van der Waals surface area contributed by atoms with E-state index in [1.54, 1.807) is 24.3 Å². The van der Waals surface area contributed by atoms with Gasteiger partial charge in [0.25, 0.3) is 5.91 Å². The number of thioether (sulfide) groups is 1. The van der Waals surface area contributed by atoms with E-state index in [0.717, 1.165) is 11.8 Å². The number of hydrogen-bond donors (Lipinski definition) is 4. The van der Waals surface area contributed by atoms with Crippen molar-refractivity contribution in [2.45, 2.75) is 6.92 Å². The van der Waals surface area contributed by atoms with Crippen LogP contribution in [0.25, 0.3) is 0 Å². The number of carbonyl (C=O) groups excluding carboxylic acids is 4. The van der Waals surface area contributed by atoms with Crippen LogP contribution >= 0.6 is 11.8 Å². The molecule has 0 spiro atoms. The van der Waals surface area contributed by atoms with E-state index in [1.165, 1.54) is 25.3 Å². The summed E-state index contributed by atoms with van der Waals surface area (Å²) in [5, 5.41) is 15.6. The van der Waals surface area contributed by atoms with Crippen LogP contribution in [0.4, 0.5) is 11.4 Å². The molecule has 0 fully saturated rings. The summed E-state index contributed by atoms with van der Waals surface area (Å²) in [6, 6.07) is 9.41. The molecule has 0 aliphatic carbocycles. The van der Waals surface area contributed by atoms with E-state index in [9.17, 15) is 19.2 Å². The number of benzene rings is 1. The van der Waals surface area contributed by atoms with Crippen molar-refractivity contribution < 1.29 is 23.6 Å². The van der Waals surface area contributed by atoms with Crippen LogP contribution in [-0.2, 0) is 14.4 Å². The van der Waals surface area contributed by atoms with Gasteiger partial charge in [-0.05, 0) is 36.4 Å². The van der Waals surface area contributed by atoms with Gasteiger partial charge in [-0.3, -0.25) is 29.9 Å². The monoisotopic (exact) mass is 440 g/mol. The average Bonchev–Trinajstić information content (AvgIpc) is 3.25. The highest BCUT2D eigenvalue weighted by atomic mass is 32.2. The Kier molecular flexibility index (Phi) is 6.72. The Labute approximate surface area is 179 Å². The van der Waals surface area contributed by atoms with E-state index in [1.807, 2.05) is 0 Å². The molecule has 0 saturated heterocycles. The van der Waals surface area contributed by atoms with Gasteiger partial charge < -0.3 is 15.1 Å². The van der Waals surface area contributed by atoms with Gasteiger partial charge in [-0.1, -0.05) is 11.8 Å². The summed E-state index contributed by atoms with van der Waals surface area (Å²) in [4.78, 5) is 54.7. The van der Waals surface area contributed by atoms with Gasteiger partial charge in [-0.25, -0.2) is 4.99 Å². The minimum Gasteiger partial charge on any atom is -0.459 e. The van der Waals surface area contributed by atoms with Crippen LogP contribution in [0.15, 0.2) is 57.1 Å². The number of aliphatic imine (C=N–C) groups is 2. The highest BCUT2D eigenvalue weighted by molar-refractivity contribution is 8.14. The molecule has 1 aromatic carbocycles. The second-order valence-electron chi connectivity index (χ2n) is 6.06. The third-order valence-corrected chi connectivity index (χ3v) is 4.52. The number of anilines is 2. The van der Waals surface area contributed by atoms with E-state index in [-0.39, 0.29) is 28.5 Å². The number of carbonyl (C=O) groups is 4. The Hall–Kier alpha value is -4.06. The number of furan rings is 1. The maximum atomic E-state index is 12.2. The lowest BCUT2D eigenvalue weighted by Gasteiger charge is -2.14. The molecule has 4 amide bonds. The van der Waals surface area contributed by atoms with Crippen LogP contribution in [-0.4, -0.2) is 46.1 Å². The largest absolute Gasteiger partial charge is 0.459 e. The predicted octanol–water partition coefficient (Wildman–Crippen LogP) is 1.65. The summed E-state index contributed by atoms with van der Waals surface area (Å²) in [6.07, 6.45) is 1.29. The molecular weight excluding hydrogens is 424 g/mol. The summed E-state index contributed by atoms with van der Waals surface area (Å²) >= 11 is 0.912.